The Kier molecular flexibility index (Phi) is 4.00. The Morgan fingerprint density at radius 1 is 1.29 bits per heavy atom. The topological polar surface area (TPSA) is 78.7 Å². The van der Waals surface area contributed by atoms with Gasteiger partial charge in [-0.3, -0.25) is 9.78 Å². The largest absolute Gasteiger partial charge is 0.380 e. The van der Waals surface area contributed by atoms with Crippen molar-refractivity contribution in [2.75, 3.05) is 44.3 Å². The molecule has 1 aromatic carbocycles. The second-order valence-electron chi connectivity index (χ2n) is 8.17. The predicted molar refractivity (Wildman–Crippen MR) is 103 cm³/mol. The molecular formula is C21H22N4O3. The second kappa shape index (κ2) is 6.43. The first-order chi connectivity index (χ1) is 13.6. The minimum atomic E-state index is -0.482. The van der Waals surface area contributed by atoms with Crippen LogP contribution in [0.2, 0.25) is 0 Å². The molecule has 3 saturated heterocycles. The molecule has 0 saturated carbocycles. The number of carbonyl (C=O) groups is 1. The Bertz CT molecular complexity index is 973. The summed E-state index contributed by atoms with van der Waals surface area (Å²) in [5.41, 5.74) is 2.44. The van der Waals surface area contributed by atoms with E-state index in [4.69, 9.17) is 9.47 Å². The van der Waals surface area contributed by atoms with Gasteiger partial charge in [-0.1, -0.05) is 0 Å². The summed E-state index contributed by atoms with van der Waals surface area (Å²) in [5, 5.41) is 10.3. The van der Waals surface area contributed by atoms with E-state index in [2.05, 4.69) is 16.0 Å². The number of amides is 1. The number of nitrogens with zero attached hydrogens (tertiary/aromatic N) is 4. The minimum Gasteiger partial charge on any atom is -0.380 e. The summed E-state index contributed by atoms with van der Waals surface area (Å²) >= 11 is 0. The molecule has 3 fully saturated rings. The van der Waals surface area contributed by atoms with Crippen molar-refractivity contribution >= 4 is 22.5 Å². The van der Waals surface area contributed by atoms with E-state index in [1.807, 2.05) is 30.0 Å². The molecule has 0 N–H and O–H groups in total. The van der Waals surface area contributed by atoms with Crippen molar-refractivity contribution in [3.63, 3.8) is 0 Å². The number of carbonyl (C=O) groups excluding carboxylic acids is 1. The molecule has 4 heterocycles. The van der Waals surface area contributed by atoms with Gasteiger partial charge in [0.2, 0.25) is 0 Å². The maximum absolute atomic E-state index is 13.0. The van der Waals surface area contributed by atoms with Crippen LogP contribution in [0.15, 0.2) is 30.5 Å². The van der Waals surface area contributed by atoms with E-state index in [0.717, 1.165) is 37.4 Å². The van der Waals surface area contributed by atoms with Gasteiger partial charge in [-0.2, -0.15) is 5.26 Å². The van der Waals surface area contributed by atoms with Crippen molar-refractivity contribution < 1.29 is 14.3 Å². The van der Waals surface area contributed by atoms with Crippen molar-refractivity contribution in [2.45, 2.75) is 19.1 Å². The molecule has 0 unspecified atom stereocenters. The molecule has 0 aliphatic carbocycles. The highest BCUT2D eigenvalue weighted by molar-refractivity contribution is 5.95. The fourth-order valence-corrected chi connectivity index (χ4v) is 4.50. The van der Waals surface area contributed by atoms with Crippen LogP contribution in [0.1, 0.15) is 12.5 Å². The number of rotatable bonds is 2. The van der Waals surface area contributed by atoms with Crippen LogP contribution < -0.4 is 4.90 Å². The summed E-state index contributed by atoms with van der Waals surface area (Å²) in [6, 6.07) is 9.81. The average molecular weight is 378 g/mol. The molecule has 5 rings (SSSR count). The molecule has 3 aliphatic rings. The molecule has 1 spiro atoms. The highest BCUT2D eigenvalue weighted by atomic mass is 16.5. The Labute approximate surface area is 163 Å². The number of likely N-dealkylation sites (tertiary alicyclic amines) is 1. The third-order valence-electron chi connectivity index (χ3n) is 5.92. The fraction of sp³-hybridized carbons (Fsp3) is 0.476. The van der Waals surface area contributed by atoms with Gasteiger partial charge in [0.25, 0.3) is 5.91 Å². The first kappa shape index (κ1) is 17.4. The molecular weight excluding hydrogens is 356 g/mol. The number of benzene rings is 1. The van der Waals surface area contributed by atoms with Crippen molar-refractivity contribution in [1.82, 2.24) is 9.88 Å². The fourth-order valence-electron chi connectivity index (χ4n) is 4.50. The Morgan fingerprint density at radius 3 is 2.82 bits per heavy atom. The first-order valence-electron chi connectivity index (χ1n) is 9.63. The molecule has 0 bridgehead atoms. The van der Waals surface area contributed by atoms with Crippen LogP contribution in [-0.2, 0) is 14.3 Å². The van der Waals surface area contributed by atoms with Crippen LogP contribution in [0.3, 0.4) is 0 Å². The number of morpholine rings is 1. The monoisotopic (exact) mass is 378 g/mol. The number of pyridine rings is 1. The number of nitriles is 1. The van der Waals surface area contributed by atoms with Crippen LogP contribution in [0.5, 0.6) is 0 Å². The van der Waals surface area contributed by atoms with Crippen molar-refractivity contribution in [1.29, 1.82) is 5.26 Å². The summed E-state index contributed by atoms with van der Waals surface area (Å²) in [5.74, 6) is 0.0603. The molecule has 2 aromatic rings. The number of anilines is 1. The van der Waals surface area contributed by atoms with Crippen LogP contribution in [0.4, 0.5) is 5.69 Å². The van der Waals surface area contributed by atoms with E-state index in [1.165, 1.54) is 0 Å². The SMILES string of the molecule is C[C@@H]1CN(c2ccc(C#N)c3ncccc23)C[C@H](C(=O)N2CC3(COC3)C2)O1. The lowest BCUT2D eigenvalue weighted by Gasteiger charge is -2.55. The molecule has 1 amide bonds. The van der Waals surface area contributed by atoms with Gasteiger partial charge in [-0.25, -0.2) is 0 Å². The zero-order chi connectivity index (χ0) is 19.3. The lowest BCUT2D eigenvalue weighted by Crippen LogP contribution is -2.69. The minimum absolute atomic E-state index is 0.0603. The lowest BCUT2D eigenvalue weighted by atomic mass is 9.78. The summed E-state index contributed by atoms with van der Waals surface area (Å²) in [6.07, 6.45) is 1.15. The van der Waals surface area contributed by atoms with Crippen LogP contribution in [-0.4, -0.2) is 67.4 Å². The second-order valence-corrected chi connectivity index (χ2v) is 8.17. The first-order valence-corrected chi connectivity index (χ1v) is 9.63. The Hall–Kier alpha value is -2.69. The van der Waals surface area contributed by atoms with Gasteiger partial charge in [0.15, 0.2) is 6.10 Å². The van der Waals surface area contributed by atoms with Gasteiger partial charge in [0.1, 0.15) is 6.07 Å². The Morgan fingerprint density at radius 2 is 2.11 bits per heavy atom. The van der Waals surface area contributed by atoms with E-state index < -0.39 is 6.10 Å². The highest BCUT2D eigenvalue weighted by Crippen LogP contribution is 2.38. The maximum atomic E-state index is 13.0. The van der Waals surface area contributed by atoms with Gasteiger partial charge < -0.3 is 19.3 Å². The molecule has 28 heavy (non-hydrogen) atoms. The van der Waals surface area contributed by atoms with Gasteiger partial charge in [0.05, 0.1) is 42.4 Å². The maximum Gasteiger partial charge on any atom is 0.253 e. The van der Waals surface area contributed by atoms with Crippen LogP contribution in [0, 0.1) is 16.7 Å². The molecule has 3 aliphatic heterocycles. The Balaban J connectivity index is 1.39. The predicted octanol–water partition coefficient (Wildman–Crippen LogP) is 1.56. The molecule has 7 nitrogen and oxygen atoms in total. The van der Waals surface area contributed by atoms with E-state index in [0.29, 0.717) is 24.2 Å². The summed E-state index contributed by atoms with van der Waals surface area (Å²) in [7, 11) is 0. The van der Waals surface area contributed by atoms with Gasteiger partial charge >= 0.3 is 0 Å². The summed E-state index contributed by atoms with van der Waals surface area (Å²) in [4.78, 5) is 21.4. The standard InChI is InChI=1S/C21H22N4O3/c1-14-8-24(17-5-4-15(7-22)19-16(17)3-2-6-23-19)9-18(28-14)20(26)25-10-21(11-25)12-27-13-21/h2-6,14,18H,8-13H2,1H3/t14-,18-/m1/s1. The normalized spacial score (nSPS) is 25.9. The van der Waals surface area contributed by atoms with E-state index in [-0.39, 0.29) is 17.4 Å². The quantitative estimate of drug-likeness (QED) is 0.789. The number of ether oxygens (including phenoxy) is 2. The zero-order valence-corrected chi connectivity index (χ0v) is 15.8. The van der Waals surface area contributed by atoms with Gasteiger partial charge in [-0.05, 0) is 31.2 Å². The number of hydrogen-bond donors (Lipinski definition) is 0. The van der Waals surface area contributed by atoms with Crippen LogP contribution in [0.25, 0.3) is 10.9 Å². The van der Waals surface area contributed by atoms with Crippen molar-refractivity contribution in [2.24, 2.45) is 5.41 Å². The molecule has 0 radical (unpaired) electrons. The third kappa shape index (κ3) is 2.72. The third-order valence-corrected chi connectivity index (χ3v) is 5.92. The zero-order valence-electron chi connectivity index (χ0n) is 15.8. The molecule has 1 aromatic heterocycles. The number of hydrogen-bond acceptors (Lipinski definition) is 6. The van der Waals surface area contributed by atoms with Gasteiger partial charge in [0, 0.05) is 36.9 Å². The number of fused-ring (bicyclic) bond motifs is 1. The van der Waals surface area contributed by atoms with E-state index in [1.54, 1.807) is 12.3 Å². The van der Waals surface area contributed by atoms with Crippen molar-refractivity contribution in [3.8, 4) is 6.07 Å². The number of aromatic nitrogens is 1. The highest BCUT2D eigenvalue weighted by Gasteiger charge is 2.52. The summed E-state index contributed by atoms with van der Waals surface area (Å²) < 4.78 is 11.3. The van der Waals surface area contributed by atoms with E-state index >= 15 is 0 Å². The van der Waals surface area contributed by atoms with Gasteiger partial charge in [-0.15, -0.1) is 0 Å². The molecule has 2 atom stereocenters. The molecule has 144 valence electrons. The van der Waals surface area contributed by atoms with Crippen molar-refractivity contribution in [3.05, 3.63) is 36.0 Å². The smallest absolute Gasteiger partial charge is 0.253 e. The lowest BCUT2D eigenvalue weighted by molar-refractivity contribution is -0.202. The van der Waals surface area contributed by atoms with E-state index in [9.17, 15) is 10.1 Å². The molecule has 7 heteroatoms. The average Bonchev–Trinajstić information content (AvgIpc) is 2.64. The summed E-state index contributed by atoms with van der Waals surface area (Å²) in [6.45, 7) is 6.24. The van der Waals surface area contributed by atoms with Crippen LogP contribution >= 0.6 is 0 Å².